The number of carbonyl (C=O) groups is 1. The summed E-state index contributed by atoms with van der Waals surface area (Å²) < 4.78 is 48.2. The number of hydrogen-bond acceptors (Lipinski definition) is 3. The molecular weight excluding hydrogens is 479 g/mol. The zero-order valence-electron chi connectivity index (χ0n) is 21.6. The largest absolute Gasteiger partial charge is 0.380 e. The van der Waals surface area contributed by atoms with Crippen LogP contribution in [0.3, 0.4) is 0 Å². The normalized spacial score (nSPS) is 24.4. The van der Waals surface area contributed by atoms with Crippen molar-refractivity contribution in [2.75, 3.05) is 40.8 Å². The number of amides is 1. The van der Waals surface area contributed by atoms with Crippen molar-refractivity contribution in [2.24, 2.45) is 11.8 Å². The molecule has 1 saturated heterocycles. The summed E-state index contributed by atoms with van der Waals surface area (Å²) in [5, 5.41) is 0.480. The molecule has 8 heteroatoms. The van der Waals surface area contributed by atoms with Gasteiger partial charge in [-0.05, 0) is 93.1 Å². The molecule has 1 aliphatic carbocycles. The number of fused-ring (bicyclic) bond motifs is 1. The van der Waals surface area contributed by atoms with Crippen LogP contribution < -0.4 is 0 Å². The molecule has 1 N–H and O–H groups in total. The van der Waals surface area contributed by atoms with Crippen LogP contribution in [-0.2, 0) is 9.53 Å². The Bertz CT molecular complexity index is 1270. The number of ether oxygens (including phenoxy) is 1. The fourth-order valence-corrected chi connectivity index (χ4v) is 6.11. The molecule has 2 aliphatic rings. The second-order valence-electron chi connectivity index (χ2n) is 10.9. The Morgan fingerprint density at radius 1 is 1.08 bits per heavy atom. The van der Waals surface area contributed by atoms with Gasteiger partial charge in [-0.1, -0.05) is 0 Å². The standard InChI is InChI=1S/C29H34F3N3O2/c1-34(2)15-17-8-9-35(16-23(10-17)37-3)29(36)20-11-19(12-20)26-24-13-22(31)14-25(32)28(24)33-27(26)18-4-6-21(30)7-5-18/h4-7,13-14,17,19-20,23,33H,8-12,15-16H2,1-3H3/t17-,19?,20?,23-/m0/s1. The van der Waals surface area contributed by atoms with Gasteiger partial charge in [0.2, 0.25) is 5.91 Å². The van der Waals surface area contributed by atoms with Gasteiger partial charge in [0.05, 0.1) is 17.3 Å². The Morgan fingerprint density at radius 3 is 2.49 bits per heavy atom. The van der Waals surface area contributed by atoms with Gasteiger partial charge in [-0.15, -0.1) is 0 Å². The lowest BCUT2D eigenvalue weighted by molar-refractivity contribution is -0.140. The number of halogens is 3. The number of benzene rings is 2. The van der Waals surface area contributed by atoms with Gasteiger partial charge in [0.15, 0.2) is 0 Å². The lowest BCUT2D eigenvalue weighted by atomic mass is 9.69. The van der Waals surface area contributed by atoms with Gasteiger partial charge >= 0.3 is 0 Å². The molecule has 198 valence electrons. The first-order valence-corrected chi connectivity index (χ1v) is 13.0. The molecular formula is C29H34F3N3O2. The Kier molecular flexibility index (Phi) is 7.32. The van der Waals surface area contributed by atoms with Crippen LogP contribution in [0.2, 0.25) is 0 Å². The van der Waals surface area contributed by atoms with Crippen LogP contribution in [0.4, 0.5) is 13.2 Å². The van der Waals surface area contributed by atoms with Crippen molar-refractivity contribution in [1.82, 2.24) is 14.8 Å². The van der Waals surface area contributed by atoms with E-state index < -0.39 is 11.6 Å². The second kappa shape index (κ2) is 10.5. The van der Waals surface area contributed by atoms with Crippen LogP contribution in [0.1, 0.15) is 37.2 Å². The smallest absolute Gasteiger partial charge is 0.225 e. The molecule has 2 heterocycles. The van der Waals surface area contributed by atoms with E-state index in [1.165, 1.54) is 18.2 Å². The topological polar surface area (TPSA) is 48.6 Å². The fourth-order valence-electron chi connectivity index (χ4n) is 6.11. The van der Waals surface area contributed by atoms with Crippen molar-refractivity contribution < 1.29 is 22.7 Å². The molecule has 37 heavy (non-hydrogen) atoms. The number of aromatic amines is 1. The van der Waals surface area contributed by atoms with Crippen LogP contribution in [0.25, 0.3) is 22.2 Å². The predicted octanol–water partition coefficient (Wildman–Crippen LogP) is 5.56. The van der Waals surface area contributed by atoms with E-state index in [0.717, 1.165) is 31.0 Å². The average Bonchev–Trinajstić information content (AvgIpc) is 3.06. The highest BCUT2D eigenvalue weighted by atomic mass is 19.1. The summed E-state index contributed by atoms with van der Waals surface area (Å²) in [6.45, 7) is 2.26. The number of rotatable bonds is 6. The maximum absolute atomic E-state index is 14.7. The van der Waals surface area contributed by atoms with Gasteiger partial charge in [-0.25, -0.2) is 13.2 Å². The number of nitrogens with zero attached hydrogens (tertiary/aromatic N) is 2. The summed E-state index contributed by atoms with van der Waals surface area (Å²) in [7, 11) is 5.83. The molecule has 2 aromatic carbocycles. The SMILES string of the molecule is CO[C@H]1C[C@@H](CN(C)C)CCN(C(=O)C2CC(c3c(-c4ccc(F)cc4)[nH]c4c(F)cc(F)cc34)C2)C1. The molecule has 2 atom stereocenters. The third-order valence-electron chi connectivity index (χ3n) is 7.99. The highest BCUT2D eigenvalue weighted by molar-refractivity contribution is 5.92. The molecule has 0 spiro atoms. The number of nitrogens with one attached hydrogen (secondary N) is 1. The summed E-state index contributed by atoms with van der Waals surface area (Å²) in [5.74, 6) is -1.25. The number of methoxy groups -OCH3 is 1. The Morgan fingerprint density at radius 2 is 1.81 bits per heavy atom. The number of carbonyl (C=O) groups excluding carboxylic acids is 1. The second-order valence-corrected chi connectivity index (χ2v) is 10.9. The number of hydrogen-bond donors (Lipinski definition) is 1. The summed E-state index contributed by atoms with van der Waals surface area (Å²) >= 11 is 0. The van der Waals surface area contributed by atoms with Crippen LogP contribution in [0, 0.1) is 29.3 Å². The molecule has 5 nitrogen and oxygen atoms in total. The Hall–Kier alpha value is -2.84. The fraction of sp³-hybridized carbons (Fsp3) is 0.483. The van der Waals surface area contributed by atoms with Crippen LogP contribution >= 0.6 is 0 Å². The molecule has 1 aliphatic heterocycles. The maximum Gasteiger partial charge on any atom is 0.225 e. The summed E-state index contributed by atoms with van der Waals surface area (Å²) in [5.41, 5.74) is 2.37. The van der Waals surface area contributed by atoms with Crippen molar-refractivity contribution >= 4 is 16.8 Å². The third-order valence-corrected chi connectivity index (χ3v) is 7.99. The van der Waals surface area contributed by atoms with E-state index in [1.54, 1.807) is 19.2 Å². The van der Waals surface area contributed by atoms with Crippen LogP contribution in [0.15, 0.2) is 36.4 Å². The predicted molar refractivity (Wildman–Crippen MR) is 138 cm³/mol. The number of aromatic nitrogens is 1. The first-order valence-electron chi connectivity index (χ1n) is 13.0. The van der Waals surface area contributed by atoms with E-state index in [0.29, 0.717) is 48.5 Å². The molecule has 1 amide bonds. The summed E-state index contributed by atoms with van der Waals surface area (Å²) in [6, 6.07) is 8.17. The maximum atomic E-state index is 14.7. The molecule has 2 fully saturated rings. The zero-order valence-corrected chi connectivity index (χ0v) is 21.6. The molecule has 1 aromatic heterocycles. The molecule has 3 aromatic rings. The molecule has 1 saturated carbocycles. The van der Waals surface area contributed by atoms with Gasteiger partial charge < -0.3 is 19.5 Å². The summed E-state index contributed by atoms with van der Waals surface area (Å²) in [4.78, 5) is 20.7. The third kappa shape index (κ3) is 5.27. The van der Waals surface area contributed by atoms with Crippen molar-refractivity contribution in [3.8, 4) is 11.3 Å². The zero-order chi connectivity index (χ0) is 26.3. The number of H-pyrrole nitrogens is 1. The van der Waals surface area contributed by atoms with Crippen LogP contribution in [-0.4, -0.2) is 67.6 Å². The van der Waals surface area contributed by atoms with Gasteiger partial charge in [0, 0.05) is 44.1 Å². The van der Waals surface area contributed by atoms with E-state index in [9.17, 15) is 18.0 Å². The molecule has 0 bridgehead atoms. The first kappa shape index (κ1) is 25.8. The van der Waals surface area contributed by atoms with E-state index in [2.05, 4.69) is 24.0 Å². The lowest BCUT2D eigenvalue weighted by Gasteiger charge is -2.38. The molecule has 0 unspecified atom stereocenters. The Balaban J connectivity index is 1.37. The van der Waals surface area contributed by atoms with E-state index >= 15 is 0 Å². The minimum atomic E-state index is -0.668. The van der Waals surface area contributed by atoms with Gasteiger partial charge in [0.25, 0.3) is 0 Å². The van der Waals surface area contributed by atoms with E-state index in [1.807, 2.05) is 4.90 Å². The van der Waals surface area contributed by atoms with Crippen molar-refractivity contribution in [2.45, 2.75) is 37.7 Å². The minimum Gasteiger partial charge on any atom is -0.380 e. The number of likely N-dealkylation sites (tertiary alicyclic amines) is 1. The van der Waals surface area contributed by atoms with Gasteiger partial charge in [-0.2, -0.15) is 0 Å². The molecule has 0 radical (unpaired) electrons. The van der Waals surface area contributed by atoms with Crippen molar-refractivity contribution in [3.05, 3.63) is 59.4 Å². The van der Waals surface area contributed by atoms with Crippen molar-refractivity contribution in [3.63, 3.8) is 0 Å². The lowest BCUT2D eigenvalue weighted by Crippen LogP contribution is -2.44. The summed E-state index contributed by atoms with van der Waals surface area (Å²) in [6.07, 6.45) is 3.09. The quantitative estimate of drug-likeness (QED) is 0.470. The van der Waals surface area contributed by atoms with E-state index in [4.69, 9.17) is 4.74 Å². The minimum absolute atomic E-state index is 0.0110. The van der Waals surface area contributed by atoms with E-state index in [-0.39, 0.29) is 35.2 Å². The first-order chi connectivity index (χ1) is 17.7. The molecule has 5 rings (SSSR count). The van der Waals surface area contributed by atoms with Crippen molar-refractivity contribution in [1.29, 1.82) is 0 Å². The Labute approximate surface area is 215 Å². The van der Waals surface area contributed by atoms with Gasteiger partial charge in [-0.3, -0.25) is 4.79 Å². The monoisotopic (exact) mass is 513 g/mol. The van der Waals surface area contributed by atoms with Gasteiger partial charge in [0.1, 0.15) is 17.5 Å². The highest BCUT2D eigenvalue weighted by Crippen LogP contribution is 2.49. The highest BCUT2D eigenvalue weighted by Gasteiger charge is 2.41. The van der Waals surface area contributed by atoms with Crippen LogP contribution in [0.5, 0.6) is 0 Å². The average molecular weight is 514 g/mol.